The third-order valence-electron chi connectivity index (χ3n) is 5.93. The van der Waals surface area contributed by atoms with Gasteiger partial charge in [-0.3, -0.25) is 14.4 Å². The van der Waals surface area contributed by atoms with E-state index in [4.69, 9.17) is 15.2 Å². The van der Waals surface area contributed by atoms with Crippen molar-refractivity contribution in [3.05, 3.63) is 46.8 Å². The van der Waals surface area contributed by atoms with E-state index < -0.39 is 29.4 Å². The molecule has 0 radical (unpaired) electrons. The summed E-state index contributed by atoms with van der Waals surface area (Å²) in [5.41, 5.74) is 6.67. The standard InChI is InChI=1S/C27H37NO6S/c1-4-5-6-7-23(31)25-13-12-24(35-25)22-10-8-21(9-11-22)14-15-27(16-26(28)32,17-33-19(2)29)18-34-20(3)30/h8-13,23,31H,4-7,14-18H2,1-3H3,(H2,28,32). The maximum atomic E-state index is 11.8. The van der Waals surface area contributed by atoms with Crippen molar-refractivity contribution in [1.82, 2.24) is 0 Å². The number of carbonyl (C=O) groups is 3. The molecule has 1 heterocycles. The van der Waals surface area contributed by atoms with Gasteiger partial charge in [-0.25, -0.2) is 0 Å². The molecule has 0 aliphatic rings. The Hall–Kier alpha value is -2.71. The van der Waals surface area contributed by atoms with Crippen molar-refractivity contribution in [2.45, 2.75) is 71.8 Å². The van der Waals surface area contributed by atoms with Crippen LogP contribution >= 0.6 is 11.3 Å². The number of nitrogens with two attached hydrogens (primary N) is 1. The Morgan fingerprint density at radius 3 is 2.17 bits per heavy atom. The van der Waals surface area contributed by atoms with Crippen molar-refractivity contribution in [1.29, 1.82) is 0 Å². The monoisotopic (exact) mass is 503 g/mol. The number of amides is 1. The van der Waals surface area contributed by atoms with E-state index in [0.717, 1.165) is 46.6 Å². The lowest BCUT2D eigenvalue weighted by atomic mass is 9.80. The topological polar surface area (TPSA) is 116 Å². The van der Waals surface area contributed by atoms with Crippen molar-refractivity contribution in [2.75, 3.05) is 13.2 Å². The normalized spacial score (nSPS) is 12.2. The molecule has 1 amide bonds. The molecule has 0 bridgehead atoms. The Labute approximate surface area is 211 Å². The SMILES string of the molecule is CCCCCC(O)c1ccc(-c2ccc(CCC(COC(C)=O)(COC(C)=O)CC(N)=O)cc2)s1. The second kappa shape index (κ2) is 14.0. The van der Waals surface area contributed by atoms with Gasteiger partial charge in [0, 0.05) is 35.4 Å². The predicted molar refractivity (Wildman–Crippen MR) is 137 cm³/mol. The molecule has 35 heavy (non-hydrogen) atoms. The number of esters is 2. The third-order valence-corrected chi connectivity index (χ3v) is 7.17. The summed E-state index contributed by atoms with van der Waals surface area (Å²) in [5, 5.41) is 10.4. The zero-order chi connectivity index (χ0) is 25.8. The van der Waals surface area contributed by atoms with Crippen molar-refractivity contribution < 1.29 is 29.0 Å². The van der Waals surface area contributed by atoms with Gasteiger partial charge in [0.15, 0.2) is 0 Å². The average Bonchev–Trinajstić information content (AvgIpc) is 3.30. The molecule has 1 unspecified atom stereocenters. The maximum Gasteiger partial charge on any atom is 0.302 e. The number of carbonyl (C=O) groups excluding carboxylic acids is 3. The number of aryl methyl sites for hydroxylation is 1. The Kier molecular flexibility index (Phi) is 11.4. The molecule has 0 aliphatic carbocycles. The van der Waals surface area contributed by atoms with E-state index in [1.807, 2.05) is 36.4 Å². The van der Waals surface area contributed by atoms with Gasteiger partial charge in [-0.05, 0) is 42.5 Å². The molecular weight excluding hydrogens is 466 g/mol. The van der Waals surface area contributed by atoms with Crippen LogP contribution < -0.4 is 5.73 Å². The Bertz CT molecular complexity index is 950. The van der Waals surface area contributed by atoms with Gasteiger partial charge in [0.1, 0.15) is 13.2 Å². The van der Waals surface area contributed by atoms with E-state index in [9.17, 15) is 19.5 Å². The largest absolute Gasteiger partial charge is 0.465 e. The van der Waals surface area contributed by atoms with Gasteiger partial charge in [-0.2, -0.15) is 0 Å². The van der Waals surface area contributed by atoms with Gasteiger partial charge < -0.3 is 20.3 Å². The van der Waals surface area contributed by atoms with Crippen LogP contribution in [-0.4, -0.2) is 36.2 Å². The number of benzene rings is 1. The van der Waals surface area contributed by atoms with Crippen LogP contribution in [0.3, 0.4) is 0 Å². The van der Waals surface area contributed by atoms with Crippen molar-refractivity contribution >= 4 is 29.2 Å². The molecule has 0 aliphatic heterocycles. The van der Waals surface area contributed by atoms with Crippen molar-refractivity contribution in [2.24, 2.45) is 11.1 Å². The molecule has 1 atom stereocenters. The van der Waals surface area contributed by atoms with Gasteiger partial charge in [0.2, 0.25) is 5.91 Å². The minimum Gasteiger partial charge on any atom is -0.465 e. The fourth-order valence-electron chi connectivity index (χ4n) is 3.92. The molecule has 192 valence electrons. The summed E-state index contributed by atoms with van der Waals surface area (Å²) < 4.78 is 10.4. The summed E-state index contributed by atoms with van der Waals surface area (Å²) >= 11 is 1.60. The van der Waals surface area contributed by atoms with Crippen LogP contribution in [0.15, 0.2) is 36.4 Å². The van der Waals surface area contributed by atoms with E-state index in [1.165, 1.54) is 13.8 Å². The summed E-state index contributed by atoms with van der Waals surface area (Å²) in [6.45, 7) is 4.61. The summed E-state index contributed by atoms with van der Waals surface area (Å²) in [4.78, 5) is 36.7. The van der Waals surface area contributed by atoms with Crippen LogP contribution in [0.4, 0.5) is 0 Å². The first kappa shape index (κ1) is 28.5. The fraction of sp³-hybridized carbons (Fsp3) is 0.519. The first-order valence-corrected chi connectivity index (χ1v) is 12.9. The molecule has 2 aromatic rings. The summed E-state index contributed by atoms with van der Waals surface area (Å²) in [6.07, 6.45) is 4.60. The molecule has 1 aromatic carbocycles. The molecule has 1 aromatic heterocycles. The molecule has 0 saturated carbocycles. The molecule has 7 nitrogen and oxygen atoms in total. The molecular formula is C27H37NO6S. The summed E-state index contributed by atoms with van der Waals surface area (Å²) in [5.74, 6) is -1.50. The second-order valence-electron chi connectivity index (χ2n) is 9.11. The zero-order valence-corrected chi connectivity index (χ0v) is 21.7. The van der Waals surface area contributed by atoms with Crippen LogP contribution in [0.1, 0.15) is 75.8 Å². The number of hydrogen-bond donors (Lipinski definition) is 2. The lowest BCUT2D eigenvalue weighted by molar-refractivity contribution is -0.154. The summed E-state index contributed by atoms with van der Waals surface area (Å²) in [6, 6.07) is 12.1. The van der Waals surface area contributed by atoms with Crippen LogP contribution in [0.25, 0.3) is 10.4 Å². The molecule has 8 heteroatoms. The predicted octanol–water partition coefficient (Wildman–Crippen LogP) is 4.95. The molecule has 0 fully saturated rings. The first-order chi connectivity index (χ1) is 16.6. The minimum atomic E-state index is -0.890. The number of aliphatic hydroxyl groups excluding tert-OH is 1. The van der Waals surface area contributed by atoms with Crippen LogP contribution in [-0.2, 0) is 30.3 Å². The smallest absolute Gasteiger partial charge is 0.302 e. The number of ether oxygens (including phenoxy) is 2. The number of unbranched alkanes of at least 4 members (excludes halogenated alkanes) is 2. The first-order valence-electron chi connectivity index (χ1n) is 12.1. The number of primary amides is 1. The maximum absolute atomic E-state index is 11.8. The third kappa shape index (κ3) is 9.82. The Balaban J connectivity index is 2.09. The molecule has 3 N–H and O–H groups in total. The van der Waals surface area contributed by atoms with E-state index in [0.29, 0.717) is 12.8 Å². The lowest BCUT2D eigenvalue weighted by Gasteiger charge is -2.31. The summed E-state index contributed by atoms with van der Waals surface area (Å²) in [7, 11) is 0. The number of hydrogen-bond acceptors (Lipinski definition) is 7. The zero-order valence-electron chi connectivity index (χ0n) is 20.9. The fourth-order valence-corrected chi connectivity index (χ4v) is 4.95. The highest BCUT2D eigenvalue weighted by Gasteiger charge is 2.35. The number of aliphatic hydroxyl groups is 1. The highest BCUT2D eigenvalue weighted by atomic mass is 32.1. The van der Waals surface area contributed by atoms with Gasteiger partial charge >= 0.3 is 11.9 Å². The number of rotatable bonds is 15. The van der Waals surface area contributed by atoms with Crippen molar-refractivity contribution in [3.63, 3.8) is 0 Å². The van der Waals surface area contributed by atoms with Gasteiger partial charge in [0.25, 0.3) is 0 Å². The molecule has 0 spiro atoms. The Morgan fingerprint density at radius 1 is 1.00 bits per heavy atom. The Morgan fingerprint density at radius 2 is 1.63 bits per heavy atom. The van der Waals surface area contributed by atoms with Gasteiger partial charge in [-0.15, -0.1) is 11.3 Å². The molecule has 2 rings (SSSR count). The van der Waals surface area contributed by atoms with Crippen LogP contribution in [0.5, 0.6) is 0 Å². The van der Waals surface area contributed by atoms with Crippen LogP contribution in [0, 0.1) is 5.41 Å². The average molecular weight is 504 g/mol. The molecule has 0 saturated heterocycles. The number of thiophene rings is 1. The van der Waals surface area contributed by atoms with Gasteiger partial charge in [-0.1, -0.05) is 50.5 Å². The minimum absolute atomic E-state index is 0.0603. The quantitative estimate of drug-likeness (QED) is 0.262. The lowest BCUT2D eigenvalue weighted by Crippen LogP contribution is -2.38. The van der Waals surface area contributed by atoms with E-state index in [1.54, 1.807) is 11.3 Å². The highest BCUT2D eigenvalue weighted by molar-refractivity contribution is 7.15. The van der Waals surface area contributed by atoms with Crippen LogP contribution in [0.2, 0.25) is 0 Å². The van der Waals surface area contributed by atoms with Gasteiger partial charge in [0.05, 0.1) is 6.10 Å². The highest BCUT2D eigenvalue weighted by Crippen LogP contribution is 2.34. The van der Waals surface area contributed by atoms with E-state index in [-0.39, 0.29) is 19.6 Å². The van der Waals surface area contributed by atoms with E-state index in [2.05, 4.69) is 6.92 Å². The van der Waals surface area contributed by atoms with E-state index >= 15 is 0 Å². The second-order valence-corrected chi connectivity index (χ2v) is 10.2. The van der Waals surface area contributed by atoms with Crippen molar-refractivity contribution in [3.8, 4) is 10.4 Å².